The second-order valence-electron chi connectivity index (χ2n) is 8.66. The summed E-state index contributed by atoms with van der Waals surface area (Å²) in [4.78, 5) is 26.8. The first kappa shape index (κ1) is 21.6. The van der Waals surface area contributed by atoms with Crippen molar-refractivity contribution in [3.05, 3.63) is 95.6 Å². The van der Waals surface area contributed by atoms with Crippen LogP contribution >= 0.6 is 0 Å². The lowest BCUT2D eigenvalue weighted by atomic mass is 9.73. The van der Waals surface area contributed by atoms with Crippen molar-refractivity contribution in [1.82, 2.24) is 4.31 Å². The summed E-state index contributed by atoms with van der Waals surface area (Å²) >= 11 is 0. The number of benzene rings is 3. The van der Waals surface area contributed by atoms with Gasteiger partial charge in [-0.1, -0.05) is 66.2 Å². The third kappa shape index (κ3) is 3.39. The van der Waals surface area contributed by atoms with E-state index in [1.807, 2.05) is 37.3 Å². The van der Waals surface area contributed by atoms with Gasteiger partial charge in [-0.15, -0.1) is 0 Å². The van der Waals surface area contributed by atoms with Gasteiger partial charge < -0.3 is 5.32 Å². The Bertz CT molecular complexity index is 1340. The Morgan fingerprint density at radius 3 is 2.39 bits per heavy atom. The number of carbonyl (C=O) groups excluding carboxylic acids is 2. The second kappa shape index (κ2) is 7.93. The van der Waals surface area contributed by atoms with Gasteiger partial charge in [0.15, 0.2) is 5.78 Å². The number of nitrogens with zero attached hydrogens (tertiary/aromatic N) is 1. The maximum absolute atomic E-state index is 13.7. The summed E-state index contributed by atoms with van der Waals surface area (Å²) in [5.41, 5.74) is 1.76. The van der Waals surface area contributed by atoms with Crippen molar-refractivity contribution in [2.45, 2.75) is 36.1 Å². The second-order valence-corrected chi connectivity index (χ2v) is 10.5. The van der Waals surface area contributed by atoms with Crippen LogP contribution in [0.4, 0.5) is 5.69 Å². The Morgan fingerprint density at radius 2 is 1.67 bits per heavy atom. The van der Waals surface area contributed by atoms with Gasteiger partial charge in [0, 0.05) is 24.2 Å². The molecule has 3 aromatic carbocycles. The molecule has 0 radical (unpaired) electrons. The van der Waals surface area contributed by atoms with E-state index in [1.165, 1.54) is 4.31 Å². The zero-order valence-corrected chi connectivity index (χ0v) is 19.0. The molecule has 2 aliphatic rings. The maximum atomic E-state index is 13.7. The highest BCUT2D eigenvalue weighted by molar-refractivity contribution is 7.89. The number of amides is 1. The summed E-state index contributed by atoms with van der Waals surface area (Å²) in [6.07, 6.45) is 0.227. The Morgan fingerprint density at radius 1 is 1.00 bits per heavy atom. The first-order chi connectivity index (χ1) is 15.8. The fraction of sp³-hybridized carbons (Fsp3) is 0.231. The molecule has 2 aliphatic heterocycles. The summed E-state index contributed by atoms with van der Waals surface area (Å²) in [5.74, 6) is -0.445. The van der Waals surface area contributed by atoms with Crippen LogP contribution in [-0.2, 0) is 20.2 Å². The average molecular weight is 461 g/mol. The van der Waals surface area contributed by atoms with Crippen molar-refractivity contribution in [3.63, 3.8) is 0 Å². The molecule has 168 valence electrons. The van der Waals surface area contributed by atoms with E-state index in [9.17, 15) is 18.0 Å². The minimum atomic E-state index is -3.92. The van der Waals surface area contributed by atoms with Crippen molar-refractivity contribution in [1.29, 1.82) is 0 Å². The Hall–Kier alpha value is -3.29. The van der Waals surface area contributed by atoms with E-state index >= 15 is 0 Å². The van der Waals surface area contributed by atoms with Gasteiger partial charge in [0.2, 0.25) is 15.9 Å². The number of fused-ring (bicyclic) bond motifs is 2. The molecule has 0 aliphatic carbocycles. The van der Waals surface area contributed by atoms with Crippen LogP contribution in [0.2, 0.25) is 0 Å². The number of Topliss-reactive ketones (excluding diaryl/α,β-unsaturated/α-hetero) is 1. The summed E-state index contributed by atoms with van der Waals surface area (Å²) in [6.45, 7) is 2.05. The molecule has 3 aromatic rings. The maximum Gasteiger partial charge on any atom is 0.243 e. The Balaban J connectivity index is 1.62. The topological polar surface area (TPSA) is 83.6 Å². The lowest BCUT2D eigenvalue weighted by molar-refractivity contribution is -0.121. The molecule has 6 nitrogen and oxygen atoms in total. The van der Waals surface area contributed by atoms with Crippen LogP contribution in [0.5, 0.6) is 0 Å². The van der Waals surface area contributed by atoms with E-state index in [4.69, 9.17) is 0 Å². The largest absolute Gasteiger partial charge is 0.325 e. The minimum absolute atomic E-state index is 0.0864. The number of hydrogen-bond donors (Lipinski definition) is 1. The van der Waals surface area contributed by atoms with Crippen molar-refractivity contribution >= 4 is 27.4 Å². The number of sulfonamides is 1. The molecule has 2 heterocycles. The summed E-state index contributed by atoms with van der Waals surface area (Å²) in [5, 5.41) is 2.92. The van der Waals surface area contributed by atoms with E-state index in [0.29, 0.717) is 17.7 Å². The third-order valence-electron chi connectivity index (χ3n) is 6.81. The smallest absolute Gasteiger partial charge is 0.243 e. The van der Waals surface area contributed by atoms with Gasteiger partial charge in [0.1, 0.15) is 0 Å². The molecule has 2 atom stereocenters. The number of nitrogens with one attached hydrogen (secondary N) is 1. The van der Waals surface area contributed by atoms with Crippen molar-refractivity contribution in [2.75, 3.05) is 11.9 Å². The first-order valence-electron chi connectivity index (χ1n) is 10.9. The summed E-state index contributed by atoms with van der Waals surface area (Å²) in [7, 11) is -3.92. The summed E-state index contributed by atoms with van der Waals surface area (Å²) < 4.78 is 28.8. The minimum Gasteiger partial charge on any atom is -0.325 e. The van der Waals surface area contributed by atoms with E-state index in [2.05, 4.69) is 5.32 Å². The van der Waals surface area contributed by atoms with Crippen LogP contribution in [0, 0.1) is 6.92 Å². The lowest BCUT2D eigenvalue weighted by Gasteiger charge is -2.33. The Labute approximate surface area is 193 Å². The number of para-hydroxylation sites is 1. The number of anilines is 1. The molecule has 33 heavy (non-hydrogen) atoms. The molecule has 0 unspecified atom stereocenters. The fourth-order valence-corrected chi connectivity index (χ4v) is 6.77. The highest BCUT2D eigenvalue weighted by Gasteiger charge is 2.60. The summed E-state index contributed by atoms with van der Waals surface area (Å²) in [6, 6.07) is 22.0. The molecule has 0 bridgehead atoms. The molecule has 7 heteroatoms. The molecule has 1 N–H and O–H groups in total. The highest BCUT2D eigenvalue weighted by atomic mass is 32.2. The average Bonchev–Trinajstić information content (AvgIpc) is 3.34. The van der Waals surface area contributed by atoms with Gasteiger partial charge in [-0.25, -0.2) is 8.42 Å². The van der Waals surface area contributed by atoms with Gasteiger partial charge in [0.05, 0.1) is 16.4 Å². The normalized spacial score (nSPS) is 22.3. The number of carbonyl (C=O) groups is 2. The number of aryl methyl sites for hydroxylation is 1. The lowest BCUT2D eigenvalue weighted by Crippen LogP contribution is -2.49. The predicted molar refractivity (Wildman–Crippen MR) is 126 cm³/mol. The molecule has 1 saturated heterocycles. The Kier molecular flexibility index (Phi) is 5.18. The molecule has 5 rings (SSSR count). The van der Waals surface area contributed by atoms with E-state index in [1.54, 1.807) is 48.5 Å². The predicted octanol–water partition coefficient (Wildman–Crippen LogP) is 3.92. The van der Waals surface area contributed by atoms with Gasteiger partial charge >= 0.3 is 0 Å². The van der Waals surface area contributed by atoms with Crippen LogP contribution in [0.15, 0.2) is 83.8 Å². The number of ketones is 1. The first-order valence-corrected chi connectivity index (χ1v) is 12.4. The zero-order chi connectivity index (χ0) is 23.2. The van der Waals surface area contributed by atoms with Crippen LogP contribution in [0.3, 0.4) is 0 Å². The third-order valence-corrected chi connectivity index (χ3v) is 8.73. The quantitative estimate of drug-likeness (QED) is 0.585. The van der Waals surface area contributed by atoms with Gasteiger partial charge in [-0.05, 0) is 37.1 Å². The van der Waals surface area contributed by atoms with Crippen molar-refractivity contribution in [3.8, 4) is 0 Å². The SMILES string of the molecule is Cc1ccc(S(=O)(=O)N2CC[C@@]3(C(=O)Nc4ccccc43)[C@H]2CC(=O)c2ccccc2)cc1. The molecule has 1 fully saturated rings. The van der Waals surface area contributed by atoms with Crippen LogP contribution < -0.4 is 5.32 Å². The molecule has 1 amide bonds. The van der Waals surface area contributed by atoms with Crippen molar-refractivity contribution in [2.24, 2.45) is 0 Å². The fourth-order valence-electron chi connectivity index (χ4n) is 5.10. The standard InChI is InChI=1S/C26H24N2O4S/c1-18-11-13-20(14-12-18)33(31,32)28-16-15-26(21-9-5-6-10-22(21)27-25(26)30)24(28)17-23(29)19-7-3-2-4-8-19/h2-14,24H,15-17H2,1H3,(H,27,30)/t24-,26+/m1/s1. The monoisotopic (exact) mass is 460 g/mol. The van der Waals surface area contributed by atoms with Crippen LogP contribution in [-0.4, -0.2) is 37.0 Å². The van der Waals surface area contributed by atoms with Crippen LogP contribution in [0.1, 0.15) is 34.3 Å². The molecular weight excluding hydrogens is 436 g/mol. The number of hydrogen-bond acceptors (Lipinski definition) is 4. The van der Waals surface area contributed by atoms with Gasteiger partial charge in [-0.2, -0.15) is 4.31 Å². The molecular formula is C26H24N2O4S. The molecule has 0 aromatic heterocycles. The van der Waals surface area contributed by atoms with Gasteiger partial charge in [-0.3, -0.25) is 9.59 Å². The molecule has 0 saturated carbocycles. The highest BCUT2D eigenvalue weighted by Crippen LogP contribution is 2.50. The molecule has 1 spiro atoms. The number of rotatable bonds is 5. The van der Waals surface area contributed by atoms with Crippen LogP contribution in [0.25, 0.3) is 0 Å². The zero-order valence-electron chi connectivity index (χ0n) is 18.2. The van der Waals surface area contributed by atoms with Crippen molar-refractivity contribution < 1.29 is 18.0 Å². The van der Waals surface area contributed by atoms with Gasteiger partial charge in [0.25, 0.3) is 0 Å². The van der Waals surface area contributed by atoms with E-state index < -0.39 is 21.5 Å². The van der Waals surface area contributed by atoms with E-state index in [-0.39, 0.29) is 29.6 Å². The van der Waals surface area contributed by atoms with E-state index in [0.717, 1.165) is 11.1 Å².